The summed E-state index contributed by atoms with van der Waals surface area (Å²) in [5.74, 6) is -1.52. The molecule has 0 unspecified atom stereocenters. The van der Waals surface area contributed by atoms with Gasteiger partial charge >= 0.3 is 5.97 Å². The third-order valence-electron chi connectivity index (χ3n) is 2.40. The van der Waals surface area contributed by atoms with E-state index in [1.807, 2.05) is 0 Å². The number of carboxylic acid groups (broad SMARTS) is 1. The van der Waals surface area contributed by atoms with E-state index in [1.54, 1.807) is 13.1 Å². The highest BCUT2D eigenvalue weighted by Crippen LogP contribution is 2.12. The molecule has 18 heavy (non-hydrogen) atoms. The molecule has 2 aromatic heterocycles. The van der Waals surface area contributed by atoms with E-state index in [2.05, 4.69) is 0 Å². The average molecular weight is 249 g/mol. The second-order valence-electron chi connectivity index (χ2n) is 3.80. The molecule has 0 aliphatic heterocycles. The minimum atomic E-state index is -1.13. The highest BCUT2D eigenvalue weighted by Gasteiger charge is 2.18. The Bertz CT molecular complexity index is 555. The van der Waals surface area contributed by atoms with Crippen LogP contribution >= 0.6 is 0 Å². The van der Waals surface area contributed by atoms with Crippen LogP contribution in [0, 0.1) is 0 Å². The molecular formula is C12H11NO5. The van der Waals surface area contributed by atoms with Gasteiger partial charge in [-0.15, -0.1) is 0 Å². The summed E-state index contributed by atoms with van der Waals surface area (Å²) in [5, 5.41) is 8.73. The second kappa shape index (κ2) is 4.79. The van der Waals surface area contributed by atoms with Gasteiger partial charge in [0.1, 0.15) is 6.26 Å². The van der Waals surface area contributed by atoms with Gasteiger partial charge in [0.05, 0.1) is 18.1 Å². The largest absolute Gasteiger partial charge is 0.478 e. The van der Waals surface area contributed by atoms with E-state index < -0.39 is 5.97 Å². The van der Waals surface area contributed by atoms with Crippen LogP contribution in [0.5, 0.6) is 0 Å². The molecule has 1 amide bonds. The van der Waals surface area contributed by atoms with Gasteiger partial charge in [-0.1, -0.05) is 0 Å². The summed E-state index contributed by atoms with van der Waals surface area (Å²) >= 11 is 0. The molecule has 2 heterocycles. The molecule has 2 aromatic rings. The number of carboxylic acids is 1. The van der Waals surface area contributed by atoms with Gasteiger partial charge in [-0.3, -0.25) is 4.79 Å². The second-order valence-corrected chi connectivity index (χ2v) is 3.80. The fraction of sp³-hybridized carbons (Fsp3) is 0.167. The third kappa shape index (κ3) is 2.42. The van der Waals surface area contributed by atoms with Crippen molar-refractivity contribution in [3.8, 4) is 0 Å². The summed E-state index contributed by atoms with van der Waals surface area (Å²) in [4.78, 5) is 24.0. The van der Waals surface area contributed by atoms with Crippen molar-refractivity contribution in [2.24, 2.45) is 0 Å². The lowest BCUT2D eigenvalue weighted by atomic mass is 10.2. The van der Waals surface area contributed by atoms with Gasteiger partial charge in [0.2, 0.25) is 0 Å². The molecule has 0 aromatic carbocycles. The maximum Gasteiger partial charge on any atom is 0.338 e. The molecule has 0 aliphatic carbocycles. The Hall–Kier alpha value is -2.50. The number of hydrogen-bond donors (Lipinski definition) is 1. The van der Waals surface area contributed by atoms with E-state index in [1.165, 1.54) is 23.5 Å². The van der Waals surface area contributed by atoms with E-state index in [-0.39, 0.29) is 17.2 Å². The van der Waals surface area contributed by atoms with Crippen LogP contribution in [0.25, 0.3) is 0 Å². The zero-order valence-electron chi connectivity index (χ0n) is 9.62. The zero-order valence-corrected chi connectivity index (χ0v) is 9.62. The number of hydrogen-bond acceptors (Lipinski definition) is 4. The van der Waals surface area contributed by atoms with Gasteiger partial charge in [-0.2, -0.15) is 0 Å². The van der Waals surface area contributed by atoms with Crippen LogP contribution in [0.1, 0.15) is 26.5 Å². The van der Waals surface area contributed by atoms with Crippen molar-refractivity contribution in [2.75, 3.05) is 7.05 Å². The molecule has 0 saturated carbocycles. The number of furan rings is 2. The molecular weight excluding hydrogens is 238 g/mol. The first-order valence-electron chi connectivity index (χ1n) is 5.16. The van der Waals surface area contributed by atoms with Gasteiger partial charge in [-0.05, 0) is 6.07 Å². The van der Waals surface area contributed by atoms with Gasteiger partial charge in [0.15, 0.2) is 5.76 Å². The average Bonchev–Trinajstić information content (AvgIpc) is 2.98. The number of carbonyl (C=O) groups excluding carboxylic acids is 1. The Kier molecular flexibility index (Phi) is 3.18. The number of amides is 1. The van der Waals surface area contributed by atoms with Crippen molar-refractivity contribution >= 4 is 11.9 Å². The SMILES string of the molecule is CN(Cc1ccoc1)C(=O)c1cc(C(=O)O)co1. The maximum atomic E-state index is 11.9. The van der Waals surface area contributed by atoms with Crippen LogP contribution in [0.4, 0.5) is 0 Å². The molecule has 0 bridgehead atoms. The summed E-state index contributed by atoms with van der Waals surface area (Å²) < 4.78 is 9.83. The first-order valence-corrected chi connectivity index (χ1v) is 5.16. The lowest BCUT2D eigenvalue weighted by Crippen LogP contribution is -2.25. The van der Waals surface area contributed by atoms with Gasteiger partial charge in [-0.25, -0.2) is 4.79 Å². The zero-order chi connectivity index (χ0) is 13.1. The monoisotopic (exact) mass is 249 g/mol. The van der Waals surface area contributed by atoms with Gasteiger partial charge < -0.3 is 18.8 Å². The van der Waals surface area contributed by atoms with Gasteiger partial charge in [0.25, 0.3) is 5.91 Å². The number of aromatic carboxylic acids is 1. The van der Waals surface area contributed by atoms with Crippen LogP contribution in [0.2, 0.25) is 0 Å². The lowest BCUT2D eigenvalue weighted by molar-refractivity contribution is 0.0695. The van der Waals surface area contributed by atoms with Crippen molar-refractivity contribution in [3.63, 3.8) is 0 Å². The van der Waals surface area contributed by atoms with Crippen molar-refractivity contribution in [1.29, 1.82) is 0 Å². The molecule has 0 atom stereocenters. The normalized spacial score (nSPS) is 10.3. The third-order valence-corrected chi connectivity index (χ3v) is 2.40. The van der Waals surface area contributed by atoms with Crippen molar-refractivity contribution in [3.05, 3.63) is 47.8 Å². The van der Waals surface area contributed by atoms with Crippen LogP contribution in [0.15, 0.2) is 39.8 Å². The lowest BCUT2D eigenvalue weighted by Gasteiger charge is -2.14. The van der Waals surface area contributed by atoms with E-state index in [4.69, 9.17) is 13.9 Å². The Labute approximate surface area is 102 Å². The molecule has 2 rings (SSSR count). The van der Waals surface area contributed by atoms with Crippen LogP contribution in [0.3, 0.4) is 0 Å². The predicted octanol–water partition coefficient (Wildman–Crippen LogP) is 1.84. The smallest absolute Gasteiger partial charge is 0.338 e. The summed E-state index contributed by atoms with van der Waals surface area (Å²) in [5.41, 5.74) is 0.797. The summed E-state index contributed by atoms with van der Waals surface area (Å²) in [7, 11) is 1.60. The van der Waals surface area contributed by atoms with E-state index in [0.29, 0.717) is 6.54 Å². The molecule has 6 heteroatoms. The quantitative estimate of drug-likeness (QED) is 0.893. The Balaban J connectivity index is 2.08. The minimum Gasteiger partial charge on any atom is -0.478 e. The Morgan fingerprint density at radius 2 is 2.17 bits per heavy atom. The van der Waals surface area contributed by atoms with Crippen LogP contribution < -0.4 is 0 Å². The molecule has 0 radical (unpaired) electrons. The molecule has 0 aliphatic rings. The minimum absolute atomic E-state index is 0.00149. The first-order chi connectivity index (χ1) is 8.58. The van der Waals surface area contributed by atoms with E-state index >= 15 is 0 Å². The molecule has 6 nitrogen and oxygen atoms in total. The van der Waals surface area contributed by atoms with Gasteiger partial charge in [0, 0.05) is 25.2 Å². The number of rotatable bonds is 4. The molecule has 0 spiro atoms. The molecule has 94 valence electrons. The molecule has 0 saturated heterocycles. The summed E-state index contributed by atoms with van der Waals surface area (Å²) in [6.07, 6.45) is 4.10. The Morgan fingerprint density at radius 1 is 1.39 bits per heavy atom. The summed E-state index contributed by atoms with van der Waals surface area (Å²) in [6.45, 7) is 0.360. The van der Waals surface area contributed by atoms with E-state index in [9.17, 15) is 9.59 Å². The summed E-state index contributed by atoms with van der Waals surface area (Å²) in [6, 6.07) is 2.95. The molecule has 1 N–H and O–H groups in total. The van der Waals surface area contributed by atoms with Crippen molar-refractivity contribution < 1.29 is 23.5 Å². The number of carbonyl (C=O) groups is 2. The van der Waals surface area contributed by atoms with Crippen molar-refractivity contribution in [2.45, 2.75) is 6.54 Å². The predicted molar refractivity (Wildman–Crippen MR) is 60.2 cm³/mol. The number of nitrogens with zero attached hydrogens (tertiary/aromatic N) is 1. The van der Waals surface area contributed by atoms with E-state index in [0.717, 1.165) is 11.8 Å². The van der Waals surface area contributed by atoms with Crippen LogP contribution in [-0.2, 0) is 6.54 Å². The first kappa shape index (κ1) is 12.0. The topological polar surface area (TPSA) is 83.9 Å². The van der Waals surface area contributed by atoms with Crippen molar-refractivity contribution in [1.82, 2.24) is 4.90 Å². The maximum absolute atomic E-state index is 11.9. The van der Waals surface area contributed by atoms with Crippen LogP contribution in [-0.4, -0.2) is 28.9 Å². The standard InChI is InChI=1S/C12H11NO5/c1-13(5-8-2-3-17-6-8)11(14)10-4-9(7-18-10)12(15)16/h2-4,6-7H,5H2,1H3,(H,15,16). The Morgan fingerprint density at radius 3 is 2.72 bits per heavy atom. The highest BCUT2D eigenvalue weighted by molar-refractivity contribution is 5.95. The fourth-order valence-electron chi connectivity index (χ4n) is 1.48. The molecule has 0 fully saturated rings. The fourth-order valence-corrected chi connectivity index (χ4v) is 1.48. The highest BCUT2D eigenvalue weighted by atomic mass is 16.4.